The van der Waals surface area contributed by atoms with Crippen molar-refractivity contribution in [1.82, 2.24) is 20.1 Å². The normalized spacial score (nSPS) is 11.1. The Kier molecular flexibility index (Phi) is 5.59. The van der Waals surface area contributed by atoms with E-state index >= 15 is 0 Å². The molecule has 1 aromatic heterocycles. The van der Waals surface area contributed by atoms with Gasteiger partial charge in [-0.25, -0.2) is 9.67 Å². The van der Waals surface area contributed by atoms with E-state index < -0.39 is 0 Å². The maximum atomic E-state index is 6.22. The van der Waals surface area contributed by atoms with E-state index in [0.29, 0.717) is 24.1 Å². The molecule has 0 atom stereocenters. The molecule has 0 aliphatic rings. The largest absolute Gasteiger partial charge is 0.485 e. The number of benzene rings is 1. The molecule has 6 heteroatoms. The van der Waals surface area contributed by atoms with Gasteiger partial charge in [0.15, 0.2) is 5.82 Å². The van der Waals surface area contributed by atoms with Crippen LogP contribution in [0.15, 0.2) is 24.5 Å². The Labute approximate surface area is 130 Å². The van der Waals surface area contributed by atoms with Crippen LogP contribution in [0.3, 0.4) is 0 Å². The van der Waals surface area contributed by atoms with Crippen molar-refractivity contribution in [1.29, 1.82) is 0 Å². The van der Waals surface area contributed by atoms with Crippen molar-refractivity contribution in [2.45, 2.75) is 33.5 Å². The van der Waals surface area contributed by atoms with Gasteiger partial charge in [-0.3, -0.25) is 0 Å². The molecule has 0 aliphatic heterocycles. The van der Waals surface area contributed by atoms with Gasteiger partial charge in [-0.15, -0.1) is 0 Å². The maximum Gasteiger partial charge on any atom is 0.164 e. The summed E-state index contributed by atoms with van der Waals surface area (Å²) in [6, 6.07) is 5.67. The van der Waals surface area contributed by atoms with Gasteiger partial charge in [-0.1, -0.05) is 31.5 Å². The van der Waals surface area contributed by atoms with Crippen molar-refractivity contribution in [3.05, 3.63) is 40.9 Å². The molecule has 0 fully saturated rings. The van der Waals surface area contributed by atoms with Crippen LogP contribution in [0.2, 0.25) is 5.02 Å². The fourth-order valence-electron chi connectivity index (χ4n) is 2.06. The molecule has 0 aliphatic carbocycles. The average Bonchev–Trinajstić information content (AvgIpc) is 2.86. The maximum absolute atomic E-state index is 6.22. The summed E-state index contributed by atoms with van der Waals surface area (Å²) in [4.78, 5) is 4.26. The topological polar surface area (TPSA) is 52.0 Å². The first-order valence-corrected chi connectivity index (χ1v) is 7.41. The van der Waals surface area contributed by atoms with E-state index in [1.165, 1.54) is 0 Å². The first kappa shape index (κ1) is 15.8. The molecule has 114 valence electrons. The highest BCUT2D eigenvalue weighted by atomic mass is 35.5. The second-order valence-corrected chi connectivity index (χ2v) is 5.69. The zero-order chi connectivity index (χ0) is 15.2. The first-order chi connectivity index (χ1) is 10.1. The number of hydrogen-bond donors (Lipinski definition) is 1. The van der Waals surface area contributed by atoms with Crippen LogP contribution >= 0.6 is 11.6 Å². The van der Waals surface area contributed by atoms with E-state index in [4.69, 9.17) is 16.3 Å². The summed E-state index contributed by atoms with van der Waals surface area (Å²) in [5, 5.41) is 8.03. The molecule has 21 heavy (non-hydrogen) atoms. The Morgan fingerprint density at radius 2 is 2.19 bits per heavy atom. The number of ether oxygens (including phenoxy) is 1. The molecule has 2 rings (SSSR count). The van der Waals surface area contributed by atoms with Crippen LogP contribution in [0.4, 0.5) is 0 Å². The lowest BCUT2D eigenvalue weighted by Crippen LogP contribution is -2.13. The summed E-state index contributed by atoms with van der Waals surface area (Å²) in [5.74, 6) is 2.10. The fourth-order valence-corrected chi connectivity index (χ4v) is 2.30. The third kappa shape index (κ3) is 4.19. The quantitative estimate of drug-likeness (QED) is 0.854. The van der Waals surface area contributed by atoms with Gasteiger partial charge in [0, 0.05) is 23.7 Å². The van der Waals surface area contributed by atoms with Crippen molar-refractivity contribution in [3.63, 3.8) is 0 Å². The Bertz CT molecular complexity index is 583. The van der Waals surface area contributed by atoms with Gasteiger partial charge < -0.3 is 10.1 Å². The van der Waals surface area contributed by atoms with Crippen molar-refractivity contribution >= 4 is 11.6 Å². The number of nitrogens with zero attached hydrogens (tertiary/aromatic N) is 3. The Balaban J connectivity index is 2.10. The van der Waals surface area contributed by atoms with E-state index in [9.17, 15) is 0 Å². The van der Waals surface area contributed by atoms with Gasteiger partial charge in [0.25, 0.3) is 0 Å². The molecule has 5 nitrogen and oxygen atoms in total. The van der Waals surface area contributed by atoms with Crippen LogP contribution in [-0.4, -0.2) is 21.8 Å². The third-order valence-electron chi connectivity index (χ3n) is 3.02. The summed E-state index contributed by atoms with van der Waals surface area (Å²) in [6.07, 6.45) is 1.56. The highest BCUT2D eigenvalue weighted by Crippen LogP contribution is 2.26. The second kappa shape index (κ2) is 7.43. The van der Waals surface area contributed by atoms with Crippen LogP contribution in [0.5, 0.6) is 5.75 Å². The number of hydrogen-bond acceptors (Lipinski definition) is 4. The lowest BCUT2D eigenvalue weighted by atomic mass is 10.2. The zero-order valence-corrected chi connectivity index (χ0v) is 13.4. The van der Waals surface area contributed by atoms with Crippen LogP contribution in [0, 0.1) is 5.92 Å². The van der Waals surface area contributed by atoms with Gasteiger partial charge in [0.1, 0.15) is 18.7 Å². The lowest BCUT2D eigenvalue weighted by Gasteiger charge is -2.13. The zero-order valence-electron chi connectivity index (χ0n) is 12.6. The average molecular weight is 309 g/mol. The van der Waals surface area contributed by atoms with E-state index in [0.717, 1.165) is 23.7 Å². The summed E-state index contributed by atoms with van der Waals surface area (Å²) >= 11 is 6.22. The molecule has 0 bridgehead atoms. The minimum Gasteiger partial charge on any atom is -0.485 e. The van der Waals surface area contributed by atoms with E-state index in [1.54, 1.807) is 6.33 Å². The number of rotatable bonds is 7. The SMILES string of the molecule is CNCc1c(Cl)cccc1OCc1ncnn1CC(C)C. The second-order valence-electron chi connectivity index (χ2n) is 5.29. The molecule has 1 aromatic carbocycles. The van der Waals surface area contributed by atoms with E-state index in [1.807, 2.05) is 29.9 Å². The molecule has 1 N–H and O–H groups in total. The molecule has 1 heterocycles. The van der Waals surface area contributed by atoms with Crippen molar-refractivity contribution in [3.8, 4) is 5.75 Å². The molecule has 0 saturated carbocycles. The third-order valence-corrected chi connectivity index (χ3v) is 3.37. The summed E-state index contributed by atoms with van der Waals surface area (Å²) in [6.45, 7) is 6.16. The van der Waals surface area contributed by atoms with Crippen LogP contribution in [0.1, 0.15) is 25.2 Å². The van der Waals surface area contributed by atoms with E-state index in [2.05, 4.69) is 29.2 Å². The molecular weight excluding hydrogens is 288 g/mol. The van der Waals surface area contributed by atoms with Crippen molar-refractivity contribution < 1.29 is 4.74 Å². The molecular formula is C15H21ClN4O. The van der Waals surface area contributed by atoms with Gasteiger partial charge >= 0.3 is 0 Å². The standard InChI is InChI=1S/C15H21ClN4O/c1-11(2)8-20-15(18-10-19-20)9-21-14-6-4-5-13(16)12(14)7-17-3/h4-6,10-11,17H,7-9H2,1-3H3. The number of halogens is 1. The van der Waals surface area contributed by atoms with Crippen LogP contribution in [-0.2, 0) is 19.7 Å². The molecule has 0 unspecified atom stereocenters. The van der Waals surface area contributed by atoms with Gasteiger partial charge in [0.2, 0.25) is 0 Å². The predicted octanol–water partition coefficient (Wildman–Crippen LogP) is 2.89. The van der Waals surface area contributed by atoms with Crippen LogP contribution < -0.4 is 10.1 Å². The number of aromatic nitrogens is 3. The van der Waals surface area contributed by atoms with Gasteiger partial charge in [-0.05, 0) is 25.1 Å². The minimum absolute atomic E-state index is 0.379. The number of nitrogens with one attached hydrogen (secondary N) is 1. The van der Waals surface area contributed by atoms with Crippen molar-refractivity contribution in [2.24, 2.45) is 5.92 Å². The lowest BCUT2D eigenvalue weighted by molar-refractivity contribution is 0.279. The Morgan fingerprint density at radius 3 is 2.90 bits per heavy atom. The first-order valence-electron chi connectivity index (χ1n) is 7.03. The summed E-state index contributed by atoms with van der Waals surface area (Å²) < 4.78 is 7.77. The van der Waals surface area contributed by atoms with Crippen molar-refractivity contribution in [2.75, 3.05) is 7.05 Å². The molecule has 0 spiro atoms. The van der Waals surface area contributed by atoms with Gasteiger partial charge in [-0.2, -0.15) is 5.10 Å². The monoisotopic (exact) mass is 308 g/mol. The molecule has 2 aromatic rings. The van der Waals surface area contributed by atoms with Crippen LogP contribution in [0.25, 0.3) is 0 Å². The fraction of sp³-hybridized carbons (Fsp3) is 0.467. The Morgan fingerprint density at radius 1 is 1.38 bits per heavy atom. The molecule has 0 saturated heterocycles. The smallest absolute Gasteiger partial charge is 0.164 e. The van der Waals surface area contributed by atoms with Gasteiger partial charge in [0.05, 0.1) is 0 Å². The molecule has 0 amide bonds. The summed E-state index contributed by atoms with van der Waals surface area (Å²) in [7, 11) is 1.88. The molecule has 0 radical (unpaired) electrons. The Hall–Kier alpha value is -1.59. The minimum atomic E-state index is 0.379. The predicted molar refractivity (Wildman–Crippen MR) is 83.4 cm³/mol. The highest BCUT2D eigenvalue weighted by molar-refractivity contribution is 6.31. The van der Waals surface area contributed by atoms with E-state index in [-0.39, 0.29) is 0 Å². The highest BCUT2D eigenvalue weighted by Gasteiger charge is 2.11. The summed E-state index contributed by atoms with van der Waals surface area (Å²) in [5.41, 5.74) is 0.955.